The number of rotatable bonds is 11. The molecule has 4 aromatic rings. The molecular weight excluding hydrogens is 565 g/mol. The van der Waals surface area contributed by atoms with E-state index in [9.17, 15) is 23.2 Å². The number of nitrogens with one attached hydrogen (secondary N) is 3. The van der Waals surface area contributed by atoms with E-state index in [1.54, 1.807) is 37.4 Å². The zero-order valence-electron chi connectivity index (χ0n) is 24.0. The highest BCUT2D eigenvalue weighted by molar-refractivity contribution is 6.06. The quantitative estimate of drug-likeness (QED) is 0.121. The molecule has 0 saturated heterocycles. The molecule has 1 aliphatic carbocycles. The van der Waals surface area contributed by atoms with Crippen molar-refractivity contribution in [3.63, 3.8) is 0 Å². The fourth-order valence-corrected chi connectivity index (χ4v) is 4.81. The van der Waals surface area contributed by atoms with Crippen LogP contribution in [0.1, 0.15) is 35.6 Å². The van der Waals surface area contributed by atoms with Gasteiger partial charge in [0.2, 0.25) is 0 Å². The lowest BCUT2D eigenvalue weighted by atomic mass is 9.95. The van der Waals surface area contributed by atoms with Crippen LogP contribution in [0.4, 0.5) is 24.5 Å². The summed E-state index contributed by atoms with van der Waals surface area (Å²) < 4.78 is 45.5. The third kappa shape index (κ3) is 7.65. The van der Waals surface area contributed by atoms with E-state index in [-0.39, 0.29) is 23.0 Å². The van der Waals surface area contributed by atoms with Crippen LogP contribution in [0.2, 0.25) is 0 Å². The smallest absolute Gasteiger partial charge is 0.415 e. The van der Waals surface area contributed by atoms with Gasteiger partial charge in [0.25, 0.3) is 5.91 Å². The fraction of sp³-hybridized carbons (Fsp3) is 0.200. The number of nitriles is 1. The summed E-state index contributed by atoms with van der Waals surface area (Å²) in [5.41, 5.74) is 1.33. The minimum atomic E-state index is -4.73. The fourth-order valence-electron chi connectivity index (χ4n) is 4.81. The second-order valence-electron chi connectivity index (χ2n) is 10.7. The second-order valence-corrected chi connectivity index (χ2v) is 10.7. The molecule has 1 amide bonds. The predicted octanol–water partition coefficient (Wildman–Crippen LogP) is 7.86. The van der Waals surface area contributed by atoms with Crippen molar-refractivity contribution in [2.24, 2.45) is 5.92 Å². The monoisotopic (exact) mass is 596 g/mol. The first-order valence-corrected chi connectivity index (χ1v) is 14.1. The molecule has 9 heteroatoms. The van der Waals surface area contributed by atoms with Crippen molar-refractivity contribution in [1.29, 1.82) is 5.26 Å². The van der Waals surface area contributed by atoms with Gasteiger partial charge in [0, 0.05) is 11.4 Å². The van der Waals surface area contributed by atoms with Crippen LogP contribution in [0.25, 0.3) is 10.8 Å². The zero-order chi connectivity index (χ0) is 31.3. The Bertz CT molecular complexity index is 1770. The van der Waals surface area contributed by atoms with Crippen molar-refractivity contribution in [2.45, 2.75) is 25.1 Å². The highest BCUT2D eigenvalue weighted by atomic mass is 19.4. The number of amides is 1. The van der Waals surface area contributed by atoms with E-state index in [4.69, 9.17) is 4.74 Å². The number of methoxy groups -OCH3 is 1. The van der Waals surface area contributed by atoms with Crippen LogP contribution in [-0.4, -0.2) is 25.7 Å². The molecule has 44 heavy (non-hydrogen) atoms. The topological polar surface area (TPSA) is 86.2 Å². The number of ether oxygens (including phenoxy) is 1. The van der Waals surface area contributed by atoms with Gasteiger partial charge < -0.3 is 20.7 Å². The normalized spacial score (nSPS) is 14.0. The summed E-state index contributed by atoms with van der Waals surface area (Å²) in [5, 5.41) is 20.4. The van der Waals surface area contributed by atoms with Gasteiger partial charge in [0.15, 0.2) is 0 Å². The number of allylic oxidation sites excluding steroid dienone is 2. The maximum Gasteiger partial charge on any atom is 0.415 e. The lowest BCUT2D eigenvalue weighted by molar-refractivity contribution is -0.112. The molecule has 0 heterocycles. The van der Waals surface area contributed by atoms with E-state index in [0.29, 0.717) is 17.7 Å². The number of halogens is 3. The summed E-state index contributed by atoms with van der Waals surface area (Å²) >= 11 is 0. The zero-order valence-corrected chi connectivity index (χ0v) is 24.0. The van der Waals surface area contributed by atoms with Crippen molar-refractivity contribution < 1.29 is 22.7 Å². The van der Waals surface area contributed by atoms with Gasteiger partial charge in [0.1, 0.15) is 11.4 Å². The van der Waals surface area contributed by atoms with Crippen LogP contribution in [0.15, 0.2) is 109 Å². The van der Waals surface area contributed by atoms with Crippen molar-refractivity contribution in [3.05, 3.63) is 126 Å². The molecule has 0 spiro atoms. The van der Waals surface area contributed by atoms with Crippen molar-refractivity contribution >= 4 is 28.1 Å². The minimum Gasteiger partial charge on any atom is -0.497 e. The predicted molar refractivity (Wildman–Crippen MR) is 166 cm³/mol. The van der Waals surface area contributed by atoms with Gasteiger partial charge in [-0.3, -0.25) is 4.79 Å². The van der Waals surface area contributed by atoms with Gasteiger partial charge in [-0.2, -0.15) is 18.4 Å². The summed E-state index contributed by atoms with van der Waals surface area (Å²) in [7, 11) is 1.63. The van der Waals surface area contributed by atoms with Crippen molar-refractivity contribution in [2.75, 3.05) is 24.3 Å². The van der Waals surface area contributed by atoms with E-state index < -0.39 is 17.7 Å². The number of carbonyl (C=O) groups is 1. The third-order valence-electron chi connectivity index (χ3n) is 7.39. The van der Waals surface area contributed by atoms with E-state index in [2.05, 4.69) is 34.7 Å². The molecule has 0 aromatic heterocycles. The molecule has 1 fully saturated rings. The van der Waals surface area contributed by atoms with Crippen LogP contribution < -0.4 is 20.7 Å². The molecule has 3 N–H and O–H groups in total. The Labute approximate surface area is 253 Å². The van der Waals surface area contributed by atoms with Gasteiger partial charge in [-0.15, -0.1) is 0 Å². The third-order valence-corrected chi connectivity index (χ3v) is 7.39. The highest BCUT2D eigenvalue weighted by Gasteiger charge is 2.31. The maximum atomic E-state index is 13.4. The van der Waals surface area contributed by atoms with Gasteiger partial charge in [-0.1, -0.05) is 43.0 Å². The first-order chi connectivity index (χ1) is 21.1. The molecular formula is C35H31F3N4O2. The van der Waals surface area contributed by atoms with Crippen LogP contribution in [0.5, 0.6) is 5.75 Å². The standard InChI is InChI=1S/C35H31F3N4O2/c1-22(35(36,37)38)15-32(41-29-7-3-5-24(16-29)20-39)34(43)42-30-8-4-6-27(18-30)33(40-21-23-9-10-23)28-12-11-26-19-31(44-2)14-13-25(26)17-28/h3-8,11-19,23,33,40-41H,1,9-10,21H2,2H3,(H,42,43)/b32-15-. The van der Waals surface area contributed by atoms with Gasteiger partial charge in [-0.05, 0) is 102 Å². The SMILES string of the molecule is C=C(/C=C(\Nc1cccc(C#N)c1)C(=O)Nc1cccc(C(NCC2CC2)c2ccc3cc(OC)ccc3c2)c1)C(F)(F)F. The molecule has 0 aliphatic heterocycles. The Morgan fingerprint density at radius 3 is 2.36 bits per heavy atom. The lowest BCUT2D eigenvalue weighted by Crippen LogP contribution is -2.25. The number of alkyl halides is 3. The number of hydrogen-bond donors (Lipinski definition) is 3. The number of anilines is 2. The molecule has 224 valence electrons. The molecule has 0 bridgehead atoms. The Kier molecular flexibility index (Phi) is 9.02. The maximum absolute atomic E-state index is 13.4. The van der Waals surface area contributed by atoms with Crippen molar-refractivity contribution in [3.8, 4) is 11.8 Å². The Morgan fingerprint density at radius 2 is 1.66 bits per heavy atom. The molecule has 1 aliphatic rings. The van der Waals surface area contributed by atoms with E-state index >= 15 is 0 Å². The van der Waals surface area contributed by atoms with E-state index in [0.717, 1.165) is 34.2 Å². The van der Waals surface area contributed by atoms with Gasteiger partial charge >= 0.3 is 6.18 Å². The van der Waals surface area contributed by atoms with Gasteiger partial charge in [0.05, 0.1) is 30.4 Å². The average molecular weight is 597 g/mol. The second kappa shape index (κ2) is 13.1. The molecule has 6 nitrogen and oxygen atoms in total. The Hall–Kier alpha value is -5.07. The van der Waals surface area contributed by atoms with Crippen LogP contribution in [0, 0.1) is 17.2 Å². The van der Waals surface area contributed by atoms with Crippen LogP contribution >= 0.6 is 0 Å². The summed E-state index contributed by atoms with van der Waals surface area (Å²) in [6, 6.07) is 27.2. The summed E-state index contributed by atoms with van der Waals surface area (Å²) in [4.78, 5) is 13.4. The van der Waals surface area contributed by atoms with Gasteiger partial charge in [-0.25, -0.2) is 0 Å². The number of benzene rings is 4. The average Bonchev–Trinajstić information content (AvgIpc) is 3.85. The molecule has 4 aromatic carbocycles. The number of fused-ring (bicyclic) bond motifs is 1. The summed E-state index contributed by atoms with van der Waals surface area (Å²) in [6.07, 6.45) is -1.72. The minimum absolute atomic E-state index is 0.189. The Morgan fingerprint density at radius 1 is 0.977 bits per heavy atom. The first kappa shape index (κ1) is 30.4. The van der Waals surface area contributed by atoms with E-state index in [1.165, 1.54) is 18.9 Å². The largest absolute Gasteiger partial charge is 0.497 e. The molecule has 5 rings (SSSR count). The van der Waals surface area contributed by atoms with Crippen LogP contribution in [-0.2, 0) is 4.79 Å². The molecule has 1 saturated carbocycles. The molecule has 1 atom stereocenters. The lowest BCUT2D eigenvalue weighted by Gasteiger charge is -2.22. The molecule has 0 radical (unpaired) electrons. The highest BCUT2D eigenvalue weighted by Crippen LogP contribution is 2.33. The van der Waals surface area contributed by atoms with Crippen LogP contribution in [0.3, 0.4) is 0 Å². The summed E-state index contributed by atoms with van der Waals surface area (Å²) in [5.74, 6) is 0.596. The van der Waals surface area contributed by atoms with E-state index in [1.807, 2.05) is 42.5 Å². The number of carbonyl (C=O) groups excluding carboxylic acids is 1. The first-order valence-electron chi connectivity index (χ1n) is 14.1. The van der Waals surface area contributed by atoms with Crippen molar-refractivity contribution in [1.82, 2.24) is 5.32 Å². The molecule has 1 unspecified atom stereocenters. The number of nitrogens with zero attached hydrogens (tertiary/aromatic N) is 1. The Balaban J connectivity index is 1.43. The number of hydrogen-bond acceptors (Lipinski definition) is 5. The summed E-state index contributed by atoms with van der Waals surface area (Å²) in [6.45, 7) is 3.92.